The Labute approximate surface area is 63.6 Å². The highest BCUT2D eigenvalue weighted by atomic mass is 15.2. The SMILES string of the molecule is CC(C)CNCN1CCC1. The maximum Gasteiger partial charge on any atom is 0.0480 e. The molecule has 0 aliphatic carbocycles. The van der Waals surface area contributed by atoms with E-state index in [4.69, 9.17) is 0 Å². The summed E-state index contributed by atoms with van der Waals surface area (Å²) < 4.78 is 0. The molecule has 2 nitrogen and oxygen atoms in total. The zero-order valence-electron chi connectivity index (χ0n) is 7.06. The first-order valence-electron chi connectivity index (χ1n) is 4.22. The van der Waals surface area contributed by atoms with Gasteiger partial charge in [-0.15, -0.1) is 0 Å². The van der Waals surface area contributed by atoms with E-state index in [1.165, 1.54) is 19.5 Å². The number of hydrogen-bond donors (Lipinski definition) is 1. The fourth-order valence-electron chi connectivity index (χ4n) is 1.05. The molecule has 0 saturated carbocycles. The lowest BCUT2D eigenvalue weighted by Gasteiger charge is -2.30. The van der Waals surface area contributed by atoms with Crippen LogP contribution in [-0.2, 0) is 0 Å². The Morgan fingerprint density at radius 3 is 2.50 bits per heavy atom. The molecule has 0 unspecified atom stereocenters. The van der Waals surface area contributed by atoms with E-state index in [1.54, 1.807) is 0 Å². The Bertz CT molecular complexity index is 87.3. The molecule has 0 atom stereocenters. The lowest BCUT2D eigenvalue weighted by atomic mass is 10.2. The van der Waals surface area contributed by atoms with Crippen LogP contribution in [0.4, 0.5) is 0 Å². The lowest BCUT2D eigenvalue weighted by Crippen LogP contribution is -2.44. The summed E-state index contributed by atoms with van der Waals surface area (Å²) in [5.41, 5.74) is 0. The van der Waals surface area contributed by atoms with Gasteiger partial charge in [-0.1, -0.05) is 13.8 Å². The second-order valence-corrected chi connectivity index (χ2v) is 3.48. The van der Waals surface area contributed by atoms with Crippen molar-refractivity contribution in [3.63, 3.8) is 0 Å². The second-order valence-electron chi connectivity index (χ2n) is 3.48. The monoisotopic (exact) mass is 142 g/mol. The summed E-state index contributed by atoms with van der Waals surface area (Å²) >= 11 is 0. The number of rotatable bonds is 4. The molecule has 0 aromatic carbocycles. The van der Waals surface area contributed by atoms with Crippen LogP contribution in [0.2, 0.25) is 0 Å². The molecule has 1 aliphatic rings. The Hall–Kier alpha value is -0.0800. The highest BCUT2D eigenvalue weighted by molar-refractivity contribution is 4.66. The van der Waals surface area contributed by atoms with Crippen LogP contribution in [0.3, 0.4) is 0 Å². The van der Waals surface area contributed by atoms with Crippen molar-refractivity contribution in [2.45, 2.75) is 20.3 Å². The van der Waals surface area contributed by atoms with Gasteiger partial charge in [0.2, 0.25) is 0 Å². The van der Waals surface area contributed by atoms with Crippen molar-refractivity contribution in [1.82, 2.24) is 10.2 Å². The summed E-state index contributed by atoms with van der Waals surface area (Å²) in [5, 5.41) is 3.41. The van der Waals surface area contributed by atoms with E-state index in [0.717, 1.165) is 19.1 Å². The maximum absolute atomic E-state index is 3.41. The number of hydrogen-bond acceptors (Lipinski definition) is 2. The van der Waals surface area contributed by atoms with Gasteiger partial charge in [-0.05, 0) is 18.9 Å². The van der Waals surface area contributed by atoms with E-state index in [1.807, 2.05) is 0 Å². The predicted octanol–water partition coefficient (Wildman–Crippen LogP) is 0.895. The summed E-state index contributed by atoms with van der Waals surface area (Å²) in [7, 11) is 0. The first-order valence-corrected chi connectivity index (χ1v) is 4.22. The van der Waals surface area contributed by atoms with E-state index >= 15 is 0 Å². The van der Waals surface area contributed by atoms with E-state index in [0.29, 0.717) is 0 Å². The zero-order chi connectivity index (χ0) is 7.40. The Morgan fingerprint density at radius 2 is 2.10 bits per heavy atom. The molecule has 10 heavy (non-hydrogen) atoms. The van der Waals surface area contributed by atoms with Gasteiger partial charge in [-0.3, -0.25) is 4.90 Å². The topological polar surface area (TPSA) is 15.3 Å². The molecule has 1 N–H and O–H groups in total. The average molecular weight is 142 g/mol. The molecule has 1 fully saturated rings. The maximum atomic E-state index is 3.41. The van der Waals surface area contributed by atoms with Crippen molar-refractivity contribution in [3.8, 4) is 0 Å². The first-order chi connectivity index (χ1) is 4.79. The molecule has 2 heteroatoms. The average Bonchev–Trinajstić information content (AvgIpc) is 1.75. The van der Waals surface area contributed by atoms with Crippen LogP contribution in [0.5, 0.6) is 0 Å². The van der Waals surface area contributed by atoms with Crippen molar-refractivity contribution in [1.29, 1.82) is 0 Å². The summed E-state index contributed by atoms with van der Waals surface area (Å²) in [5.74, 6) is 0.779. The minimum absolute atomic E-state index is 0.779. The minimum Gasteiger partial charge on any atom is -0.304 e. The molecule has 0 radical (unpaired) electrons. The Balaban J connectivity index is 1.85. The number of nitrogens with one attached hydrogen (secondary N) is 1. The molecule has 0 aromatic rings. The quantitative estimate of drug-likeness (QED) is 0.627. The van der Waals surface area contributed by atoms with Crippen molar-refractivity contribution in [2.75, 3.05) is 26.3 Å². The van der Waals surface area contributed by atoms with E-state index in [2.05, 4.69) is 24.1 Å². The minimum atomic E-state index is 0.779. The van der Waals surface area contributed by atoms with E-state index < -0.39 is 0 Å². The largest absolute Gasteiger partial charge is 0.304 e. The normalized spacial score (nSPS) is 19.5. The molecule has 0 spiro atoms. The van der Waals surface area contributed by atoms with Crippen molar-refractivity contribution >= 4 is 0 Å². The first kappa shape index (κ1) is 8.02. The van der Waals surface area contributed by atoms with Crippen LogP contribution in [0.1, 0.15) is 20.3 Å². The van der Waals surface area contributed by atoms with Crippen molar-refractivity contribution < 1.29 is 0 Å². The van der Waals surface area contributed by atoms with E-state index in [-0.39, 0.29) is 0 Å². The van der Waals surface area contributed by atoms with Crippen LogP contribution >= 0.6 is 0 Å². The van der Waals surface area contributed by atoms with Gasteiger partial charge in [0.15, 0.2) is 0 Å². The van der Waals surface area contributed by atoms with Gasteiger partial charge in [0.25, 0.3) is 0 Å². The Morgan fingerprint density at radius 1 is 1.40 bits per heavy atom. The smallest absolute Gasteiger partial charge is 0.0480 e. The van der Waals surface area contributed by atoms with Gasteiger partial charge in [0.1, 0.15) is 0 Å². The lowest BCUT2D eigenvalue weighted by molar-refractivity contribution is 0.165. The van der Waals surface area contributed by atoms with Crippen LogP contribution in [0.15, 0.2) is 0 Å². The summed E-state index contributed by atoms with van der Waals surface area (Å²) in [4.78, 5) is 2.43. The molecule has 1 rings (SSSR count). The standard InChI is InChI=1S/C8H18N2/c1-8(2)6-9-7-10-4-3-5-10/h8-9H,3-7H2,1-2H3. The Kier molecular flexibility index (Phi) is 3.16. The van der Waals surface area contributed by atoms with Gasteiger partial charge in [-0.25, -0.2) is 0 Å². The second kappa shape index (κ2) is 3.94. The van der Waals surface area contributed by atoms with Crippen LogP contribution in [-0.4, -0.2) is 31.2 Å². The third-order valence-electron chi connectivity index (χ3n) is 1.84. The molecular weight excluding hydrogens is 124 g/mol. The molecule has 1 saturated heterocycles. The fraction of sp³-hybridized carbons (Fsp3) is 1.00. The van der Waals surface area contributed by atoms with E-state index in [9.17, 15) is 0 Å². The molecule has 60 valence electrons. The zero-order valence-corrected chi connectivity index (χ0v) is 7.06. The van der Waals surface area contributed by atoms with Gasteiger partial charge >= 0.3 is 0 Å². The van der Waals surface area contributed by atoms with Gasteiger partial charge in [-0.2, -0.15) is 0 Å². The summed E-state index contributed by atoms with van der Waals surface area (Å²) in [6, 6.07) is 0. The summed E-state index contributed by atoms with van der Waals surface area (Å²) in [6.07, 6.45) is 1.39. The van der Waals surface area contributed by atoms with Gasteiger partial charge in [0.05, 0.1) is 0 Å². The molecule has 0 amide bonds. The fourth-order valence-corrected chi connectivity index (χ4v) is 1.05. The van der Waals surface area contributed by atoms with Crippen LogP contribution < -0.4 is 5.32 Å². The van der Waals surface area contributed by atoms with Gasteiger partial charge in [0, 0.05) is 19.8 Å². The number of likely N-dealkylation sites (tertiary alicyclic amines) is 1. The van der Waals surface area contributed by atoms with Crippen LogP contribution in [0.25, 0.3) is 0 Å². The molecule has 1 aliphatic heterocycles. The highest BCUT2D eigenvalue weighted by Crippen LogP contribution is 2.02. The predicted molar refractivity (Wildman–Crippen MR) is 43.9 cm³/mol. The van der Waals surface area contributed by atoms with Crippen molar-refractivity contribution in [2.24, 2.45) is 5.92 Å². The highest BCUT2D eigenvalue weighted by Gasteiger charge is 2.11. The molecule has 0 bridgehead atoms. The number of nitrogens with zero attached hydrogens (tertiary/aromatic N) is 1. The molecular formula is C8H18N2. The molecule has 0 aromatic heterocycles. The third-order valence-corrected chi connectivity index (χ3v) is 1.84. The van der Waals surface area contributed by atoms with Crippen molar-refractivity contribution in [3.05, 3.63) is 0 Å². The summed E-state index contributed by atoms with van der Waals surface area (Å²) in [6.45, 7) is 9.32. The van der Waals surface area contributed by atoms with Crippen LogP contribution in [0, 0.1) is 5.92 Å². The van der Waals surface area contributed by atoms with Gasteiger partial charge < -0.3 is 5.32 Å². The molecule has 1 heterocycles. The third kappa shape index (κ3) is 2.67.